The lowest BCUT2D eigenvalue weighted by Gasteiger charge is -2.14. The normalized spacial score (nSPS) is 12.4. The average molecular weight is 223 g/mol. The van der Waals surface area contributed by atoms with Gasteiger partial charge in [-0.25, -0.2) is 0 Å². The Labute approximate surface area is 97.6 Å². The first-order chi connectivity index (χ1) is 7.80. The molecule has 0 saturated heterocycles. The summed E-state index contributed by atoms with van der Waals surface area (Å²) in [5.74, 6) is 1.39. The molecule has 0 aliphatic rings. The second-order valence-corrected chi connectivity index (χ2v) is 3.94. The molecule has 1 unspecified atom stereocenters. The molecule has 2 N–H and O–H groups in total. The van der Waals surface area contributed by atoms with Gasteiger partial charge in [-0.3, -0.25) is 0 Å². The van der Waals surface area contributed by atoms with E-state index in [0.717, 1.165) is 25.2 Å². The van der Waals surface area contributed by atoms with E-state index in [0.29, 0.717) is 12.5 Å². The van der Waals surface area contributed by atoms with Crippen molar-refractivity contribution in [1.82, 2.24) is 0 Å². The lowest BCUT2D eigenvalue weighted by atomic mass is 9.96. The molecular formula is C13H21NO2. The van der Waals surface area contributed by atoms with Crippen molar-refractivity contribution in [3.05, 3.63) is 29.8 Å². The molecule has 0 aromatic heterocycles. The number of methoxy groups -OCH3 is 2. The summed E-state index contributed by atoms with van der Waals surface area (Å²) in [7, 11) is 3.40. The molecule has 1 aromatic rings. The van der Waals surface area contributed by atoms with E-state index in [4.69, 9.17) is 15.2 Å². The molecule has 0 aliphatic heterocycles. The summed E-state index contributed by atoms with van der Waals surface area (Å²) in [4.78, 5) is 0. The van der Waals surface area contributed by atoms with E-state index in [9.17, 15) is 0 Å². The Morgan fingerprint density at radius 2 is 1.88 bits per heavy atom. The molecule has 3 nitrogen and oxygen atoms in total. The third-order valence-electron chi connectivity index (χ3n) is 2.75. The second-order valence-electron chi connectivity index (χ2n) is 3.94. The summed E-state index contributed by atoms with van der Waals surface area (Å²) >= 11 is 0. The summed E-state index contributed by atoms with van der Waals surface area (Å²) in [6.45, 7) is 1.48. The number of benzene rings is 1. The Bertz CT molecular complexity index is 284. The van der Waals surface area contributed by atoms with Crippen molar-refractivity contribution in [1.29, 1.82) is 0 Å². The zero-order valence-electron chi connectivity index (χ0n) is 10.1. The molecular weight excluding hydrogens is 202 g/mol. The SMILES string of the molecule is COCCC(CN)Cc1ccc(OC)cc1. The molecule has 16 heavy (non-hydrogen) atoms. The molecule has 0 heterocycles. The highest BCUT2D eigenvalue weighted by atomic mass is 16.5. The number of hydrogen-bond acceptors (Lipinski definition) is 3. The van der Waals surface area contributed by atoms with Gasteiger partial charge in [0.05, 0.1) is 7.11 Å². The van der Waals surface area contributed by atoms with Crippen LogP contribution in [0, 0.1) is 5.92 Å². The molecule has 0 radical (unpaired) electrons. The molecule has 0 fully saturated rings. The van der Waals surface area contributed by atoms with Gasteiger partial charge < -0.3 is 15.2 Å². The zero-order chi connectivity index (χ0) is 11.8. The van der Waals surface area contributed by atoms with Crippen LogP contribution < -0.4 is 10.5 Å². The van der Waals surface area contributed by atoms with Crippen LogP contribution in [0.25, 0.3) is 0 Å². The number of ether oxygens (including phenoxy) is 2. The maximum Gasteiger partial charge on any atom is 0.118 e. The van der Waals surface area contributed by atoms with Gasteiger partial charge in [-0.15, -0.1) is 0 Å². The summed E-state index contributed by atoms with van der Waals surface area (Å²) in [6, 6.07) is 8.15. The highest BCUT2D eigenvalue weighted by Crippen LogP contribution is 2.15. The van der Waals surface area contributed by atoms with E-state index < -0.39 is 0 Å². The van der Waals surface area contributed by atoms with Gasteiger partial charge in [-0.05, 0) is 43.0 Å². The van der Waals surface area contributed by atoms with Gasteiger partial charge in [-0.1, -0.05) is 12.1 Å². The van der Waals surface area contributed by atoms with Crippen molar-refractivity contribution in [3.8, 4) is 5.75 Å². The van der Waals surface area contributed by atoms with Crippen molar-refractivity contribution < 1.29 is 9.47 Å². The Balaban J connectivity index is 2.49. The Morgan fingerprint density at radius 3 is 2.38 bits per heavy atom. The van der Waals surface area contributed by atoms with Crippen LogP contribution in [0.4, 0.5) is 0 Å². The Hall–Kier alpha value is -1.06. The fourth-order valence-corrected chi connectivity index (χ4v) is 1.68. The minimum absolute atomic E-state index is 0.494. The summed E-state index contributed by atoms with van der Waals surface area (Å²) in [6.07, 6.45) is 2.02. The standard InChI is InChI=1S/C13H21NO2/c1-15-8-7-12(10-14)9-11-3-5-13(16-2)6-4-11/h3-6,12H,7-10,14H2,1-2H3. The molecule has 1 rings (SSSR count). The molecule has 1 aromatic carbocycles. The van der Waals surface area contributed by atoms with Gasteiger partial charge in [0, 0.05) is 13.7 Å². The maximum atomic E-state index is 5.74. The van der Waals surface area contributed by atoms with Gasteiger partial charge in [0.2, 0.25) is 0 Å². The molecule has 0 saturated carbocycles. The highest BCUT2D eigenvalue weighted by Gasteiger charge is 2.07. The maximum absolute atomic E-state index is 5.74. The van der Waals surface area contributed by atoms with Crippen LogP contribution in [0.1, 0.15) is 12.0 Å². The van der Waals surface area contributed by atoms with Crippen molar-refractivity contribution in [2.45, 2.75) is 12.8 Å². The van der Waals surface area contributed by atoms with Crippen LogP contribution in [-0.4, -0.2) is 27.4 Å². The lowest BCUT2D eigenvalue weighted by Crippen LogP contribution is -2.18. The minimum atomic E-state index is 0.494. The average Bonchev–Trinajstić information content (AvgIpc) is 2.35. The van der Waals surface area contributed by atoms with Gasteiger partial charge in [0.15, 0.2) is 0 Å². The lowest BCUT2D eigenvalue weighted by molar-refractivity contribution is 0.178. The largest absolute Gasteiger partial charge is 0.497 e. The zero-order valence-corrected chi connectivity index (χ0v) is 10.1. The summed E-state index contributed by atoms with van der Waals surface area (Å²) in [5, 5.41) is 0. The first-order valence-electron chi connectivity index (χ1n) is 5.62. The number of hydrogen-bond donors (Lipinski definition) is 1. The fourth-order valence-electron chi connectivity index (χ4n) is 1.68. The van der Waals surface area contributed by atoms with Crippen LogP contribution in [0.2, 0.25) is 0 Å². The van der Waals surface area contributed by atoms with Gasteiger partial charge in [-0.2, -0.15) is 0 Å². The predicted molar refractivity (Wildman–Crippen MR) is 65.7 cm³/mol. The number of rotatable bonds is 7. The van der Waals surface area contributed by atoms with Crippen molar-refractivity contribution in [3.63, 3.8) is 0 Å². The minimum Gasteiger partial charge on any atom is -0.497 e. The van der Waals surface area contributed by atoms with Crippen molar-refractivity contribution in [2.75, 3.05) is 27.4 Å². The van der Waals surface area contributed by atoms with E-state index in [2.05, 4.69) is 12.1 Å². The predicted octanol–water partition coefficient (Wildman–Crippen LogP) is 1.85. The smallest absolute Gasteiger partial charge is 0.118 e. The number of nitrogens with two attached hydrogens (primary N) is 1. The Morgan fingerprint density at radius 1 is 1.19 bits per heavy atom. The molecule has 0 amide bonds. The van der Waals surface area contributed by atoms with Crippen LogP contribution in [0.3, 0.4) is 0 Å². The molecule has 90 valence electrons. The Kier molecular flexibility index (Phi) is 5.90. The van der Waals surface area contributed by atoms with Gasteiger partial charge in [0.1, 0.15) is 5.75 Å². The quantitative estimate of drug-likeness (QED) is 0.767. The molecule has 0 aliphatic carbocycles. The van der Waals surface area contributed by atoms with E-state index in [1.807, 2.05) is 12.1 Å². The van der Waals surface area contributed by atoms with E-state index in [-0.39, 0.29) is 0 Å². The molecule has 0 bridgehead atoms. The third kappa shape index (κ3) is 4.21. The van der Waals surface area contributed by atoms with Crippen molar-refractivity contribution in [2.24, 2.45) is 11.7 Å². The summed E-state index contributed by atoms with van der Waals surface area (Å²) in [5.41, 5.74) is 7.04. The monoisotopic (exact) mass is 223 g/mol. The van der Waals surface area contributed by atoms with E-state index in [1.54, 1.807) is 14.2 Å². The van der Waals surface area contributed by atoms with Crippen LogP contribution in [0.5, 0.6) is 5.75 Å². The third-order valence-corrected chi connectivity index (χ3v) is 2.75. The first kappa shape index (κ1) is 13.0. The van der Waals surface area contributed by atoms with Crippen LogP contribution in [-0.2, 0) is 11.2 Å². The molecule has 1 atom stereocenters. The van der Waals surface area contributed by atoms with Crippen molar-refractivity contribution >= 4 is 0 Å². The van der Waals surface area contributed by atoms with Crippen LogP contribution in [0.15, 0.2) is 24.3 Å². The molecule has 0 spiro atoms. The topological polar surface area (TPSA) is 44.5 Å². The van der Waals surface area contributed by atoms with E-state index in [1.165, 1.54) is 5.56 Å². The highest BCUT2D eigenvalue weighted by molar-refractivity contribution is 5.27. The van der Waals surface area contributed by atoms with E-state index >= 15 is 0 Å². The van der Waals surface area contributed by atoms with Gasteiger partial charge in [0.25, 0.3) is 0 Å². The summed E-state index contributed by atoms with van der Waals surface area (Å²) < 4.78 is 10.2. The van der Waals surface area contributed by atoms with Crippen LogP contribution >= 0.6 is 0 Å². The fraction of sp³-hybridized carbons (Fsp3) is 0.538. The van der Waals surface area contributed by atoms with Gasteiger partial charge >= 0.3 is 0 Å². The molecule has 3 heteroatoms. The first-order valence-corrected chi connectivity index (χ1v) is 5.62. The second kappa shape index (κ2) is 7.25.